The molecule has 0 saturated carbocycles. The molecule has 0 radical (unpaired) electrons. The number of aliphatic imine (C=N–C) groups is 1. The van der Waals surface area contributed by atoms with Crippen molar-refractivity contribution in [2.24, 2.45) is 16.6 Å². The summed E-state index contributed by atoms with van der Waals surface area (Å²) in [7, 11) is 0. The summed E-state index contributed by atoms with van der Waals surface area (Å²) in [5.74, 6) is 0.811. The Morgan fingerprint density at radius 2 is 2.07 bits per heavy atom. The molecule has 6 nitrogen and oxygen atoms in total. The number of rotatable bonds is 1. The summed E-state index contributed by atoms with van der Waals surface area (Å²) in [5.41, 5.74) is 8.50. The third-order valence-electron chi connectivity index (χ3n) is 6.20. The third kappa shape index (κ3) is 2.40. The van der Waals surface area contributed by atoms with E-state index in [2.05, 4.69) is 19.1 Å². The zero-order valence-electron chi connectivity index (χ0n) is 15.6. The van der Waals surface area contributed by atoms with Crippen LogP contribution in [0, 0.1) is 17.2 Å². The second kappa shape index (κ2) is 5.98. The van der Waals surface area contributed by atoms with Crippen LogP contribution in [0.1, 0.15) is 24.5 Å². The average Bonchev–Trinajstić information content (AvgIpc) is 3.10. The van der Waals surface area contributed by atoms with Crippen LogP contribution in [0.5, 0.6) is 5.75 Å². The SMILES string of the molecule is C[C@@]12CCOC[C@H]1[C@@]1(COC(N)=N1)c1cc(-c3cccc(C#N)c3)ccc1O2. The first-order valence-corrected chi connectivity index (χ1v) is 9.44. The van der Waals surface area contributed by atoms with Crippen LogP contribution in [0.3, 0.4) is 0 Å². The molecule has 1 saturated heterocycles. The summed E-state index contributed by atoms with van der Waals surface area (Å²) in [4.78, 5) is 4.78. The molecule has 2 aromatic carbocycles. The van der Waals surface area contributed by atoms with E-state index < -0.39 is 5.54 Å². The van der Waals surface area contributed by atoms with Gasteiger partial charge in [0.05, 0.1) is 30.8 Å². The van der Waals surface area contributed by atoms with Gasteiger partial charge < -0.3 is 19.9 Å². The maximum atomic E-state index is 9.22. The Balaban J connectivity index is 1.69. The van der Waals surface area contributed by atoms with Gasteiger partial charge >= 0.3 is 0 Å². The summed E-state index contributed by atoms with van der Waals surface area (Å²) in [5, 5.41) is 9.22. The van der Waals surface area contributed by atoms with Gasteiger partial charge in [-0.3, -0.25) is 0 Å². The molecule has 142 valence electrons. The fourth-order valence-electron chi connectivity index (χ4n) is 4.70. The molecule has 3 heterocycles. The Bertz CT molecular complexity index is 1030. The largest absolute Gasteiger partial charge is 0.487 e. The van der Waals surface area contributed by atoms with Gasteiger partial charge in [0.15, 0.2) is 0 Å². The number of nitriles is 1. The number of hydrogen-bond donors (Lipinski definition) is 1. The smallest absolute Gasteiger partial charge is 0.283 e. The highest BCUT2D eigenvalue weighted by atomic mass is 16.5. The molecular formula is C22H21N3O3. The molecule has 0 bridgehead atoms. The van der Waals surface area contributed by atoms with E-state index in [4.69, 9.17) is 24.9 Å². The van der Waals surface area contributed by atoms with Crippen LogP contribution in [0.4, 0.5) is 0 Å². The predicted molar refractivity (Wildman–Crippen MR) is 104 cm³/mol. The maximum Gasteiger partial charge on any atom is 0.283 e. The zero-order chi connectivity index (χ0) is 19.4. The average molecular weight is 375 g/mol. The molecule has 0 aliphatic carbocycles. The maximum absolute atomic E-state index is 9.22. The van der Waals surface area contributed by atoms with Crippen LogP contribution in [0.15, 0.2) is 47.5 Å². The molecule has 28 heavy (non-hydrogen) atoms. The standard InChI is InChI=1S/C22H21N3O3/c1-21-7-8-26-12-19(21)22(13-27-20(24)25-22)17-10-16(5-6-18(17)28-21)15-4-2-3-14(9-15)11-23/h2-6,9-10,19H,7-8,12-13H2,1H3,(H2,24,25)/t19-,21-,22-/m1/s1. The van der Waals surface area contributed by atoms with E-state index in [0.29, 0.717) is 25.4 Å². The lowest BCUT2D eigenvalue weighted by molar-refractivity contribution is -0.129. The van der Waals surface area contributed by atoms with Gasteiger partial charge in [0, 0.05) is 12.0 Å². The molecule has 1 spiro atoms. The third-order valence-corrected chi connectivity index (χ3v) is 6.20. The van der Waals surface area contributed by atoms with E-state index in [1.165, 1.54) is 0 Å². The Morgan fingerprint density at radius 1 is 1.21 bits per heavy atom. The second-order valence-electron chi connectivity index (χ2n) is 7.86. The quantitative estimate of drug-likeness (QED) is 0.828. The van der Waals surface area contributed by atoms with Crippen molar-refractivity contribution in [1.29, 1.82) is 5.26 Å². The van der Waals surface area contributed by atoms with Gasteiger partial charge in [-0.1, -0.05) is 18.2 Å². The highest BCUT2D eigenvalue weighted by Gasteiger charge is 2.59. The van der Waals surface area contributed by atoms with Crippen LogP contribution in [0.2, 0.25) is 0 Å². The first-order chi connectivity index (χ1) is 13.5. The fraction of sp³-hybridized carbons (Fsp3) is 0.364. The Kier molecular flexibility index (Phi) is 3.65. The van der Waals surface area contributed by atoms with Crippen LogP contribution in [0.25, 0.3) is 11.1 Å². The topological polar surface area (TPSA) is 89.9 Å². The molecule has 3 aliphatic heterocycles. The van der Waals surface area contributed by atoms with Gasteiger partial charge in [-0.05, 0) is 42.3 Å². The lowest BCUT2D eigenvalue weighted by atomic mass is 9.66. The molecule has 2 N–H and O–H groups in total. The van der Waals surface area contributed by atoms with Crippen molar-refractivity contribution in [2.75, 3.05) is 19.8 Å². The van der Waals surface area contributed by atoms with Crippen molar-refractivity contribution in [1.82, 2.24) is 0 Å². The lowest BCUT2D eigenvalue weighted by Gasteiger charge is -2.52. The molecule has 5 rings (SSSR count). The normalized spacial score (nSPS) is 30.4. The summed E-state index contributed by atoms with van der Waals surface area (Å²) in [6.07, 6.45) is 0.792. The van der Waals surface area contributed by atoms with Crippen LogP contribution < -0.4 is 10.5 Å². The number of hydrogen-bond acceptors (Lipinski definition) is 6. The number of nitrogens with zero attached hydrogens (tertiary/aromatic N) is 2. The van der Waals surface area contributed by atoms with Crippen molar-refractivity contribution >= 4 is 6.02 Å². The molecule has 6 heteroatoms. The van der Waals surface area contributed by atoms with E-state index in [1.807, 2.05) is 30.3 Å². The van der Waals surface area contributed by atoms with E-state index in [1.54, 1.807) is 6.07 Å². The van der Waals surface area contributed by atoms with E-state index in [9.17, 15) is 5.26 Å². The molecule has 0 unspecified atom stereocenters. The first kappa shape index (κ1) is 17.1. The molecule has 2 aromatic rings. The summed E-state index contributed by atoms with van der Waals surface area (Å²) < 4.78 is 17.9. The van der Waals surface area contributed by atoms with Gasteiger partial charge in [0.1, 0.15) is 23.5 Å². The Hall–Kier alpha value is -3.04. The Morgan fingerprint density at radius 3 is 2.86 bits per heavy atom. The molecular weight excluding hydrogens is 354 g/mol. The van der Waals surface area contributed by atoms with Crippen LogP contribution in [-0.4, -0.2) is 31.4 Å². The molecule has 3 atom stereocenters. The molecule has 0 aromatic heterocycles. The monoisotopic (exact) mass is 375 g/mol. The highest BCUT2D eigenvalue weighted by molar-refractivity contribution is 5.76. The van der Waals surface area contributed by atoms with E-state index >= 15 is 0 Å². The van der Waals surface area contributed by atoms with Crippen molar-refractivity contribution in [3.63, 3.8) is 0 Å². The van der Waals surface area contributed by atoms with Crippen molar-refractivity contribution < 1.29 is 14.2 Å². The fourth-order valence-corrected chi connectivity index (χ4v) is 4.70. The summed E-state index contributed by atoms with van der Waals surface area (Å²) in [6, 6.07) is 16.1. The van der Waals surface area contributed by atoms with E-state index in [-0.39, 0.29) is 17.5 Å². The van der Waals surface area contributed by atoms with Gasteiger partial charge in [0.25, 0.3) is 6.02 Å². The van der Waals surface area contributed by atoms with Gasteiger partial charge in [-0.2, -0.15) is 5.26 Å². The van der Waals surface area contributed by atoms with Crippen LogP contribution in [-0.2, 0) is 15.0 Å². The molecule has 0 amide bonds. The van der Waals surface area contributed by atoms with E-state index in [0.717, 1.165) is 28.9 Å². The number of fused-ring (bicyclic) bond motifs is 4. The zero-order valence-corrected chi connectivity index (χ0v) is 15.6. The van der Waals surface area contributed by atoms with Crippen LogP contribution >= 0.6 is 0 Å². The van der Waals surface area contributed by atoms with Gasteiger partial charge in [0.2, 0.25) is 0 Å². The van der Waals surface area contributed by atoms with Gasteiger partial charge in [-0.15, -0.1) is 0 Å². The summed E-state index contributed by atoms with van der Waals surface area (Å²) >= 11 is 0. The molecule has 1 fully saturated rings. The number of nitrogens with two attached hydrogens (primary N) is 1. The number of ether oxygens (including phenoxy) is 3. The minimum atomic E-state index is -0.629. The number of benzene rings is 2. The molecule has 3 aliphatic rings. The second-order valence-corrected chi connectivity index (χ2v) is 7.86. The van der Waals surface area contributed by atoms with Gasteiger partial charge in [-0.25, -0.2) is 4.99 Å². The highest BCUT2D eigenvalue weighted by Crippen LogP contribution is 2.54. The Labute approximate surface area is 163 Å². The lowest BCUT2D eigenvalue weighted by Crippen LogP contribution is -2.59. The first-order valence-electron chi connectivity index (χ1n) is 9.44. The van der Waals surface area contributed by atoms with Crippen molar-refractivity contribution in [3.8, 4) is 22.9 Å². The van der Waals surface area contributed by atoms with Crippen molar-refractivity contribution in [3.05, 3.63) is 53.6 Å². The van der Waals surface area contributed by atoms with Crippen molar-refractivity contribution in [2.45, 2.75) is 24.5 Å². The predicted octanol–water partition coefficient (Wildman–Crippen LogP) is 2.95. The number of amidine groups is 1. The summed E-state index contributed by atoms with van der Waals surface area (Å²) in [6.45, 7) is 3.71. The minimum Gasteiger partial charge on any atom is -0.487 e. The minimum absolute atomic E-state index is 0.00277.